The third kappa shape index (κ3) is 5.47. The van der Waals surface area contributed by atoms with E-state index in [0.29, 0.717) is 11.7 Å². The number of thiocarbonyl (C=S) groups is 1. The first-order valence-corrected chi connectivity index (χ1v) is 9.62. The molecule has 0 saturated carbocycles. The fourth-order valence-corrected chi connectivity index (χ4v) is 3.83. The largest absolute Gasteiger partial charge is 0.379 e. The van der Waals surface area contributed by atoms with Crippen molar-refractivity contribution < 1.29 is 9.13 Å². The fraction of sp³-hybridized carbons (Fsp3) is 0.389. The lowest BCUT2D eigenvalue weighted by atomic mass is 10.2. The SMILES string of the molecule is Fc1ccc(CNC(=S)NC[C@@H](c2cccs2)N2CCOCC2)cc1. The van der Waals surface area contributed by atoms with Gasteiger partial charge in [-0.2, -0.15) is 0 Å². The molecule has 1 atom stereocenters. The van der Waals surface area contributed by atoms with Crippen molar-refractivity contribution in [3.8, 4) is 0 Å². The molecule has 2 aromatic rings. The lowest BCUT2D eigenvalue weighted by Crippen LogP contribution is -2.45. The molecule has 0 amide bonds. The fourth-order valence-electron chi connectivity index (χ4n) is 2.82. The quantitative estimate of drug-likeness (QED) is 0.755. The number of nitrogens with zero attached hydrogens (tertiary/aromatic N) is 1. The minimum atomic E-state index is -0.228. The summed E-state index contributed by atoms with van der Waals surface area (Å²) >= 11 is 7.16. The van der Waals surface area contributed by atoms with Gasteiger partial charge in [-0.15, -0.1) is 11.3 Å². The molecule has 134 valence electrons. The predicted molar refractivity (Wildman–Crippen MR) is 103 cm³/mol. The Hall–Kier alpha value is -1.54. The lowest BCUT2D eigenvalue weighted by Gasteiger charge is -2.34. The molecule has 2 N–H and O–H groups in total. The van der Waals surface area contributed by atoms with Crippen molar-refractivity contribution >= 4 is 28.7 Å². The number of benzene rings is 1. The summed E-state index contributed by atoms with van der Waals surface area (Å²) in [6.07, 6.45) is 0. The zero-order valence-electron chi connectivity index (χ0n) is 13.9. The smallest absolute Gasteiger partial charge is 0.166 e. The maximum Gasteiger partial charge on any atom is 0.166 e. The molecule has 4 nitrogen and oxygen atoms in total. The predicted octanol–water partition coefficient (Wildman–Crippen LogP) is 2.92. The van der Waals surface area contributed by atoms with Gasteiger partial charge in [0, 0.05) is 31.1 Å². The highest BCUT2D eigenvalue weighted by Crippen LogP contribution is 2.25. The average molecular weight is 380 g/mol. The normalized spacial score (nSPS) is 16.4. The zero-order chi connectivity index (χ0) is 17.5. The Bertz CT molecular complexity index is 657. The van der Waals surface area contributed by atoms with Crippen LogP contribution in [-0.2, 0) is 11.3 Å². The van der Waals surface area contributed by atoms with E-state index in [4.69, 9.17) is 17.0 Å². The summed E-state index contributed by atoms with van der Waals surface area (Å²) in [6, 6.07) is 11.0. The monoisotopic (exact) mass is 379 g/mol. The third-order valence-electron chi connectivity index (χ3n) is 4.18. The molecule has 7 heteroatoms. The van der Waals surface area contributed by atoms with Crippen LogP contribution in [0.5, 0.6) is 0 Å². The van der Waals surface area contributed by atoms with Crippen LogP contribution >= 0.6 is 23.6 Å². The van der Waals surface area contributed by atoms with E-state index in [1.54, 1.807) is 23.5 Å². The Labute approximate surface area is 157 Å². The highest BCUT2D eigenvalue weighted by atomic mass is 32.1. The molecule has 1 aliphatic rings. The average Bonchev–Trinajstić information content (AvgIpc) is 3.17. The maximum atomic E-state index is 12.9. The number of halogens is 1. The van der Waals surface area contributed by atoms with E-state index in [-0.39, 0.29) is 11.9 Å². The summed E-state index contributed by atoms with van der Waals surface area (Å²) in [5.74, 6) is -0.228. The molecule has 1 aromatic carbocycles. The molecule has 0 spiro atoms. The zero-order valence-corrected chi connectivity index (χ0v) is 15.5. The van der Waals surface area contributed by atoms with E-state index in [0.717, 1.165) is 38.4 Å². The Kier molecular flexibility index (Phi) is 6.75. The minimum absolute atomic E-state index is 0.228. The van der Waals surface area contributed by atoms with Gasteiger partial charge < -0.3 is 15.4 Å². The number of rotatable bonds is 6. The molecular weight excluding hydrogens is 357 g/mol. The summed E-state index contributed by atoms with van der Waals surface area (Å²) in [5, 5.41) is 9.22. The summed E-state index contributed by atoms with van der Waals surface area (Å²) in [7, 11) is 0. The first kappa shape index (κ1) is 18.3. The number of hydrogen-bond acceptors (Lipinski definition) is 4. The van der Waals surface area contributed by atoms with E-state index in [2.05, 4.69) is 33.0 Å². The lowest BCUT2D eigenvalue weighted by molar-refractivity contribution is 0.0177. The Morgan fingerprint density at radius 2 is 1.96 bits per heavy atom. The molecular formula is C18H22FN3OS2. The Morgan fingerprint density at radius 1 is 1.20 bits per heavy atom. The Morgan fingerprint density at radius 3 is 2.64 bits per heavy atom. The van der Waals surface area contributed by atoms with E-state index >= 15 is 0 Å². The van der Waals surface area contributed by atoms with E-state index in [1.807, 2.05) is 0 Å². The van der Waals surface area contributed by atoms with Crippen LogP contribution in [0.3, 0.4) is 0 Å². The van der Waals surface area contributed by atoms with Gasteiger partial charge in [-0.1, -0.05) is 18.2 Å². The van der Waals surface area contributed by atoms with Crippen LogP contribution in [0.1, 0.15) is 16.5 Å². The molecule has 1 saturated heterocycles. The van der Waals surface area contributed by atoms with Gasteiger partial charge in [0.25, 0.3) is 0 Å². The number of morpholine rings is 1. The van der Waals surface area contributed by atoms with Gasteiger partial charge in [-0.25, -0.2) is 4.39 Å². The summed E-state index contributed by atoms with van der Waals surface area (Å²) < 4.78 is 18.4. The van der Waals surface area contributed by atoms with Gasteiger partial charge >= 0.3 is 0 Å². The highest BCUT2D eigenvalue weighted by Gasteiger charge is 2.23. The van der Waals surface area contributed by atoms with Crippen molar-refractivity contribution in [3.63, 3.8) is 0 Å². The molecule has 1 aromatic heterocycles. The summed E-state index contributed by atoms with van der Waals surface area (Å²) in [4.78, 5) is 3.76. The van der Waals surface area contributed by atoms with Crippen LogP contribution in [0.4, 0.5) is 4.39 Å². The van der Waals surface area contributed by atoms with Crippen LogP contribution < -0.4 is 10.6 Å². The minimum Gasteiger partial charge on any atom is -0.379 e. The van der Waals surface area contributed by atoms with Gasteiger partial charge in [-0.05, 0) is 41.4 Å². The summed E-state index contributed by atoms with van der Waals surface area (Å²) in [6.45, 7) is 4.73. The van der Waals surface area contributed by atoms with Crippen molar-refractivity contribution in [2.45, 2.75) is 12.6 Å². The van der Waals surface area contributed by atoms with Gasteiger partial charge in [-0.3, -0.25) is 4.90 Å². The molecule has 1 aliphatic heterocycles. The van der Waals surface area contributed by atoms with Crippen LogP contribution in [0.25, 0.3) is 0 Å². The number of nitrogens with one attached hydrogen (secondary N) is 2. The van der Waals surface area contributed by atoms with Crippen LogP contribution in [0.2, 0.25) is 0 Å². The van der Waals surface area contributed by atoms with Crippen LogP contribution in [0, 0.1) is 5.82 Å². The molecule has 0 aliphatic carbocycles. The van der Waals surface area contributed by atoms with Gasteiger partial charge in [0.05, 0.1) is 19.3 Å². The molecule has 0 bridgehead atoms. The van der Waals surface area contributed by atoms with Crippen molar-refractivity contribution in [2.24, 2.45) is 0 Å². The van der Waals surface area contributed by atoms with E-state index in [1.165, 1.54) is 17.0 Å². The third-order valence-corrected chi connectivity index (χ3v) is 5.44. The molecule has 0 radical (unpaired) electrons. The standard InChI is InChI=1S/C18H22FN3OS2/c19-15-5-3-14(4-6-15)12-20-18(24)21-13-16(17-2-1-11-25-17)22-7-9-23-10-8-22/h1-6,11,16H,7-10,12-13H2,(H2,20,21,24)/t16-/m0/s1. The van der Waals surface area contributed by atoms with E-state index < -0.39 is 0 Å². The molecule has 25 heavy (non-hydrogen) atoms. The van der Waals surface area contributed by atoms with Gasteiger partial charge in [0.2, 0.25) is 0 Å². The van der Waals surface area contributed by atoms with Gasteiger partial charge in [0.1, 0.15) is 5.82 Å². The first-order valence-electron chi connectivity index (χ1n) is 8.34. The topological polar surface area (TPSA) is 36.5 Å². The number of thiophene rings is 1. The molecule has 3 rings (SSSR count). The maximum absolute atomic E-state index is 12.9. The number of hydrogen-bond donors (Lipinski definition) is 2. The second-order valence-electron chi connectivity index (χ2n) is 5.87. The van der Waals surface area contributed by atoms with Crippen LogP contribution in [-0.4, -0.2) is 42.9 Å². The van der Waals surface area contributed by atoms with Crippen molar-refractivity contribution in [3.05, 3.63) is 58.0 Å². The highest BCUT2D eigenvalue weighted by molar-refractivity contribution is 7.80. The Balaban J connectivity index is 1.51. The second kappa shape index (κ2) is 9.24. The van der Waals surface area contributed by atoms with Crippen molar-refractivity contribution in [1.29, 1.82) is 0 Å². The van der Waals surface area contributed by atoms with Crippen molar-refractivity contribution in [1.82, 2.24) is 15.5 Å². The molecule has 1 fully saturated rings. The van der Waals surface area contributed by atoms with Crippen LogP contribution in [0.15, 0.2) is 41.8 Å². The second-order valence-corrected chi connectivity index (χ2v) is 7.26. The number of ether oxygens (including phenoxy) is 1. The first-order chi connectivity index (χ1) is 12.2. The summed E-state index contributed by atoms with van der Waals surface area (Å²) in [5.41, 5.74) is 0.994. The molecule has 0 unspecified atom stereocenters. The molecule has 2 heterocycles. The van der Waals surface area contributed by atoms with Gasteiger partial charge in [0.15, 0.2) is 5.11 Å². The van der Waals surface area contributed by atoms with E-state index in [9.17, 15) is 4.39 Å². The van der Waals surface area contributed by atoms with Crippen molar-refractivity contribution in [2.75, 3.05) is 32.8 Å².